The monoisotopic (exact) mass is 374 g/mol. The third kappa shape index (κ3) is 5.31. The van der Waals surface area contributed by atoms with Crippen LogP contribution in [0.15, 0.2) is 24.3 Å². The number of carbonyl (C=O) groups excluding carboxylic acids is 2. The first-order valence-electron chi connectivity index (χ1n) is 9.84. The minimum absolute atomic E-state index is 0.0312. The molecule has 27 heavy (non-hydrogen) atoms. The van der Waals surface area contributed by atoms with Crippen molar-refractivity contribution in [3.8, 4) is 0 Å². The van der Waals surface area contributed by atoms with Crippen molar-refractivity contribution in [1.29, 1.82) is 0 Å². The summed E-state index contributed by atoms with van der Waals surface area (Å²) in [6.45, 7) is 5.08. The Kier molecular flexibility index (Phi) is 7.39. The van der Waals surface area contributed by atoms with Gasteiger partial charge in [0.25, 0.3) is 5.91 Å². The van der Waals surface area contributed by atoms with Crippen LogP contribution in [0, 0.1) is 5.41 Å². The molecule has 0 aliphatic heterocycles. The molecule has 1 aliphatic rings. The van der Waals surface area contributed by atoms with Gasteiger partial charge in [-0.2, -0.15) is 0 Å². The number of amides is 2. The molecule has 2 N–H and O–H groups in total. The Hall–Kier alpha value is -2.37. The van der Waals surface area contributed by atoms with Gasteiger partial charge in [0, 0.05) is 30.8 Å². The van der Waals surface area contributed by atoms with Gasteiger partial charge in [-0.1, -0.05) is 31.7 Å². The molecular formula is C21H30N2O4. The van der Waals surface area contributed by atoms with Gasteiger partial charge in [0.2, 0.25) is 5.91 Å². The number of anilines is 1. The summed E-state index contributed by atoms with van der Waals surface area (Å²) < 4.78 is 0. The van der Waals surface area contributed by atoms with E-state index in [1.165, 1.54) is 0 Å². The number of hydrogen-bond donors (Lipinski definition) is 2. The van der Waals surface area contributed by atoms with Crippen LogP contribution >= 0.6 is 0 Å². The standard InChI is InChI=1S/C21H30N2O4/c1-3-23(4-2)19(25)16-10-9-11-17(14-16)22-18(24)15-21(20(26)27)12-7-5-6-8-13-21/h9-11,14H,3-8,12-13,15H2,1-2H3,(H,22,24)(H,26,27). The Bertz CT molecular complexity index is 675. The SMILES string of the molecule is CCN(CC)C(=O)c1cccc(NC(=O)CC2(C(=O)O)CCCCCC2)c1. The van der Waals surface area contributed by atoms with Crippen LogP contribution in [0.5, 0.6) is 0 Å². The molecule has 0 bridgehead atoms. The predicted octanol–water partition coefficient (Wildman–Crippen LogP) is 3.92. The summed E-state index contributed by atoms with van der Waals surface area (Å²) in [6, 6.07) is 6.82. The molecule has 1 aromatic carbocycles. The van der Waals surface area contributed by atoms with E-state index in [9.17, 15) is 19.5 Å². The molecule has 1 aromatic rings. The second kappa shape index (κ2) is 9.53. The number of carbonyl (C=O) groups is 3. The summed E-state index contributed by atoms with van der Waals surface area (Å²) in [7, 11) is 0. The smallest absolute Gasteiger partial charge is 0.310 e. The molecule has 0 radical (unpaired) electrons. The average molecular weight is 374 g/mol. The lowest BCUT2D eigenvalue weighted by molar-refractivity contribution is -0.152. The Morgan fingerprint density at radius 3 is 2.26 bits per heavy atom. The first kappa shape index (κ1) is 20.9. The largest absolute Gasteiger partial charge is 0.481 e. The summed E-state index contributed by atoms with van der Waals surface area (Å²) in [6.07, 6.45) is 4.77. The normalized spacial score (nSPS) is 16.2. The number of carboxylic acid groups (broad SMARTS) is 1. The van der Waals surface area contributed by atoms with Gasteiger partial charge in [0.1, 0.15) is 0 Å². The van der Waals surface area contributed by atoms with Crippen molar-refractivity contribution in [1.82, 2.24) is 4.90 Å². The van der Waals surface area contributed by atoms with E-state index in [-0.39, 0.29) is 18.2 Å². The predicted molar refractivity (Wildman–Crippen MR) is 105 cm³/mol. The summed E-state index contributed by atoms with van der Waals surface area (Å²) >= 11 is 0. The molecule has 0 unspecified atom stereocenters. The third-order valence-electron chi connectivity index (χ3n) is 5.46. The summed E-state index contributed by atoms with van der Waals surface area (Å²) in [5.74, 6) is -1.28. The van der Waals surface area contributed by atoms with Gasteiger partial charge in [0.15, 0.2) is 0 Å². The maximum absolute atomic E-state index is 12.6. The highest BCUT2D eigenvalue weighted by molar-refractivity contribution is 5.98. The Morgan fingerprint density at radius 2 is 1.70 bits per heavy atom. The minimum atomic E-state index is -0.977. The number of nitrogens with one attached hydrogen (secondary N) is 1. The fourth-order valence-corrected chi connectivity index (χ4v) is 3.81. The van der Waals surface area contributed by atoms with Crippen molar-refractivity contribution >= 4 is 23.5 Å². The second-order valence-electron chi connectivity index (χ2n) is 7.28. The maximum Gasteiger partial charge on any atom is 0.310 e. The van der Waals surface area contributed by atoms with Gasteiger partial charge in [-0.15, -0.1) is 0 Å². The number of aliphatic carboxylic acids is 1. The second-order valence-corrected chi connectivity index (χ2v) is 7.28. The van der Waals surface area contributed by atoms with Crippen LogP contribution < -0.4 is 5.32 Å². The third-order valence-corrected chi connectivity index (χ3v) is 5.46. The van der Waals surface area contributed by atoms with Crippen LogP contribution in [-0.2, 0) is 9.59 Å². The molecule has 1 saturated carbocycles. The van der Waals surface area contributed by atoms with Crippen LogP contribution in [0.1, 0.15) is 69.2 Å². The van der Waals surface area contributed by atoms with Crippen LogP contribution in [0.2, 0.25) is 0 Å². The molecule has 2 amide bonds. The van der Waals surface area contributed by atoms with Crippen LogP contribution in [0.4, 0.5) is 5.69 Å². The topological polar surface area (TPSA) is 86.7 Å². The molecule has 148 valence electrons. The van der Waals surface area contributed by atoms with E-state index in [0.29, 0.717) is 37.2 Å². The molecular weight excluding hydrogens is 344 g/mol. The Morgan fingerprint density at radius 1 is 1.07 bits per heavy atom. The zero-order valence-electron chi connectivity index (χ0n) is 16.3. The maximum atomic E-state index is 12.6. The fraction of sp³-hybridized carbons (Fsp3) is 0.571. The molecule has 1 fully saturated rings. The highest BCUT2D eigenvalue weighted by Crippen LogP contribution is 2.38. The lowest BCUT2D eigenvalue weighted by Gasteiger charge is -2.27. The average Bonchev–Trinajstić information content (AvgIpc) is 2.89. The molecule has 2 rings (SSSR count). The lowest BCUT2D eigenvalue weighted by Crippen LogP contribution is -2.35. The minimum Gasteiger partial charge on any atom is -0.481 e. The fourth-order valence-electron chi connectivity index (χ4n) is 3.81. The number of benzene rings is 1. The zero-order chi connectivity index (χ0) is 19.9. The first-order valence-corrected chi connectivity index (χ1v) is 9.84. The quantitative estimate of drug-likeness (QED) is 0.708. The van der Waals surface area contributed by atoms with Gasteiger partial charge in [-0.05, 0) is 44.9 Å². The van der Waals surface area contributed by atoms with E-state index < -0.39 is 11.4 Å². The first-order chi connectivity index (χ1) is 12.9. The van der Waals surface area contributed by atoms with Crippen LogP contribution in [0.3, 0.4) is 0 Å². The summed E-state index contributed by atoms with van der Waals surface area (Å²) in [5, 5.41) is 12.5. The van der Waals surface area contributed by atoms with E-state index in [4.69, 9.17) is 0 Å². The van der Waals surface area contributed by atoms with Crippen molar-refractivity contribution in [3.05, 3.63) is 29.8 Å². The van der Waals surface area contributed by atoms with E-state index >= 15 is 0 Å². The van der Waals surface area contributed by atoms with E-state index in [2.05, 4.69) is 5.32 Å². The van der Waals surface area contributed by atoms with Crippen LogP contribution in [-0.4, -0.2) is 40.9 Å². The molecule has 6 nitrogen and oxygen atoms in total. The van der Waals surface area contributed by atoms with E-state index in [1.807, 2.05) is 13.8 Å². The van der Waals surface area contributed by atoms with Gasteiger partial charge in [-0.25, -0.2) is 0 Å². The zero-order valence-corrected chi connectivity index (χ0v) is 16.3. The number of nitrogens with zero attached hydrogens (tertiary/aromatic N) is 1. The van der Waals surface area contributed by atoms with Gasteiger partial charge >= 0.3 is 5.97 Å². The van der Waals surface area contributed by atoms with E-state index in [1.54, 1.807) is 29.2 Å². The molecule has 0 saturated heterocycles. The Labute approximate surface area is 160 Å². The summed E-state index contributed by atoms with van der Waals surface area (Å²) in [4.78, 5) is 38.6. The highest BCUT2D eigenvalue weighted by atomic mass is 16.4. The van der Waals surface area contributed by atoms with Gasteiger partial charge < -0.3 is 15.3 Å². The van der Waals surface area contributed by atoms with Crippen molar-refractivity contribution in [2.24, 2.45) is 5.41 Å². The number of hydrogen-bond acceptors (Lipinski definition) is 3. The molecule has 0 atom stereocenters. The number of carboxylic acids is 1. The molecule has 1 aliphatic carbocycles. The van der Waals surface area contributed by atoms with Gasteiger partial charge in [-0.3, -0.25) is 14.4 Å². The van der Waals surface area contributed by atoms with Crippen molar-refractivity contribution in [3.63, 3.8) is 0 Å². The molecule has 6 heteroatoms. The highest BCUT2D eigenvalue weighted by Gasteiger charge is 2.40. The van der Waals surface area contributed by atoms with Gasteiger partial charge in [0.05, 0.1) is 5.41 Å². The molecule has 0 heterocycles. The molecule has 0 spiro atoms. The van der Waals surface area contributed by atoms with Crippen molar-refractivity contribution < 1.29 is 19.5 Å². The van der Waals surface area contributed by atoms with E-state index in [0.717, 1.165) is 25.7 Å². The van der Waals surface area contributed by atoms with Crippen LogP contribution in [0.25, 0.3) is 0 Å². The Balaban J connectivity index is 2.10. The lowest BCUT2D eigenvalue weighted by atomic mass is 9.77. The molecule has 0 aromatic heterocycles. The van der Waals surface area contributed by atoms with Crippen molar-refractivity contribution in [2.45, 2.75) is 58.8 Å². The summed E-state index contributed by atoms with van der Waals surface area (Å²) in [5.41, 5.74) is 0.0565. The van der Waals surface area contributed by atoms with Crippen molar-refractivity contribution in [2.75, 3.05) is 18.4 Å². The number of rotatable bonds is 7.